The number of hydrogen-bond donors (Lipinski definition) is 1. The maximum absolute atomic E-state index is 12.0. The van der Waals surface area contributed by atoms with Crippen molar-refractivity contribution in [2.24, 2.45) is 4.40 Å². The van der Waals surface area contributed by atoms with Crippen LogP contribution in [-0.4, -0.2) is 31.6 Å². The van der Waals surface area contributed by atoms with Gasteiger partial charge in [0.05, 0.1) is 12.8 Å². The van der Waals surface area contributed by atoms with Gasteiger partial charge in [0.2, 0.25) is 0 Å². The first-order valence-corrected chi connectivity index (χ1v) is 10.5. The molecule has 2 aromatic rings. The summed E-state index contributed by atoms with van der Waals surface area (Å²) in [6.45, 7) is 5.99. The predicted molar refractivity (Wildman–Crippen MR) is 113 cm³/mol. The summed E-state index contributed by atoms with van der Waals surface area (Å²) in [6, 6.07) is 13.9. The van der Waals surface area contributed by atoms with Crippen molar-refractivity contribution in [1.82, 2.24) is 4.90 Å². The summed E-state index contributed by atoms with van der Waals surface area (Å²) >= 11 is 5.02. The number of rotatable bonds is 4. The van der Waals surface area contributed by atoms with Gasteiger partial charge in [-0.25, -0.2) is 4.79 Å². The Morgan fingerprint density at radius 3 is 2.54 bits per heavy atom. The third kappa shape index (κ3) is 4.69. The van der Waals surface area contributed by atoms with Crippen LogP contribution in [0.5, 0.6) is 0 Å². The lowest BCUT2D eigenvalue weighted by molar-refractivity contribution is 0.142. The fraction of sp³-hybridized carbons (Fsp3) is 0.333. The van der Waals surface area contributed by atoms with Crippen LogP contribution in [-0.2, 0) is 24.3 Å². The van der Waals surface area contributed by atoms with Crippen LogP contribution in [0.4, 0.5) is 4.79 Å². The predicted octanol–water partition coefficient (Wildman–Crippen LogP) is 4.89. The van der Waals surface area contributed by atoms with Crippen molar-refractivity contribution in [3.63, 3.8) is 0 Å². The second kappa shape index (κ2) is 8.15. The van der Waals surface area contributed by atoms with Crippen molar-refractivity contribution in [2.45, 2.75) is 44.0 Å². The summed E-state index contributed by atoms with van der Waals surface area (Å²) in [5.41, 5.74) is 4.25. The Bertz CT molecular complexity index is 894. The minimum atomic E-state index is -1.27. The monoisotopic (exact) mass is 418 g/mol. The molecular weight excluding hydrogens is 396 g/mol. The summed E-state index contributed by atoms with van der Waals surface area (Å²) in [7, 11) is 0. The Balaban J connectivity index is 1.69. The molecule has 0 aromatic heterocycles. The molecule has 2 atom stereocenters. The second-order valence-corrected chi connectivity index (χ2v) is 10.1. The highest BCUT2D eigenvalue weighted by molar-refractivity contribution is 7.91. The molecule has 1 N–H and O–H groups in total. The van der Waals surface area contributed by atoms with Crippen molar-refractivity contribution < 1.29 is 14.5 Å². The highest BCUT2D eigenvalue weighted by Crippen LogP contribution is 2.37. The molecule has 0 radical (unpaired) electrons. The van der Waals surface area contributed by atoms with Gasteiger partial charge in [-0.05, 0) is 55.0 Å². The summed E-state index contributed by atoms with van der Waals surface area (Å²) in [5.74, 6) is 0. The molecule has 1 aliphatic rings. The summed E-state index contributed by atoms with van der Waals surface area (Å²) < 4.78 is 15.7. The highest BCUT2D eigenvalue weighted by atomic mass is 35.5. The van der Waals surface area contributed by atoms with Crippen molar-refractivity contribution in [3.8, 4) is 0 Å². The van der Waals surface area contributed by atoms with Crippen LogP contribution in [0.15, 0.2) is 46.9 Å². The molecule has 7 heteroatoms. The number of carbonyl (C=O) groups is 1. The standard InChI is InChI=1S/C21H23ClN2O3S/c1-21(2,3)28(27)23-12-15-6-4-14(5-7-15)10-16-8-9-17-13-24(20(25)26)19(22)18(17)11-16/h4-9,11-12,19H,10,13H2,1-3H3,(H,25,26)/b23-12+/t19?,28-/m0/s1. The SMILES string of the molecule is CC(C)(C)[S@+]([O-])/N=C/c1ccc(Cc2ccc3c(c2)C(Cl)N(C(=O)O)C3)cc1. The number of alkyl halides is 1. The van der Waals surface area contributed by atoms with Crippen LogP contribution in [0.3, 0.4) is 0 Å². The molecule has 28 heavy (non-hydrogen) atoms. The van der Waals surface area contributed by atoms with Crippen LogP contribution in [0, 0.1) is 0 Å². The van der Waals surface area contributed by atoms with Crippen LogP contribution < -0.4 is 0 Å². The molecule has 1 heterocycles. The Labute approximate surface area is 173 Å². The Kier molecular flexibility index (Phi) is 6.03. The van der Waals surface area contributed by atoms with Crippen LogP contribution in [0.2, 0.25) is 0 Å². The maximum atomic E-state index is 12.0. The number of nitrogens with zero attached hydrogens (tertiary/aromatic N) is 2. The van der Waals surface area contributed by atoms with Gasteiger partial charge in [-0.15, -0.1) is 0 Å². The fourth-order valence-corrected chi connectivity index (χ4v) is 3.83. The average Bonchev–Trinajstić information content (AvgIpc) is 2.97. The molecular formula is C21H23ClN2O3S. The first-order valence-electron chi connectivity index (χ1n) is 8.95. The van der Waals surface area contributed by atoms with E-state index in [4.69, 9.17) is 11.6 Å². The van der Waals surface area contributed by atoms with Crippen LogP contribution in [0.25, 0.3) is 0 Å². The molecule has 0 saturated carbocycles. The van der Waals surface area contributed by atoms with E-state index in [1.165, 1.54) is 4.90 Å². The first-order chi connectivity index (χ1) is 13.1. The number of benzene rings is 2. The van der Waals surface area contributed by atoms with Gasteiger partial charge in [-0.3, -0.25) is 4.90 Å². The average molecular weight is 419 g/mol. The summed E-state index contributed by atoms with van der Waals surface area (Å²) in [5, 5.41) is 9.22. The van der Waals surface area contributed by atoms with Crippen molar-refractivity contribution in [2.75, 3.05) is 0 Å². The molecule has 0 fully saturated rings. The Morgan fingerprint density at radius 1 is 1.29 bits per heavy atom. The molecule has 0 bridgehead atoms. The highest BCUT2D eigenvalue weighted by Gasteiger charge is 2.32. The third-order valence-corrected chi connectivity index (χ3v) is 6.35. The lowest BCUT2D eigenvalue weighted by Gasteiger charge is -2.17. The number of fused-ring (bicyclic) bond motifs is 1. The van der Waals surface area contributed by atoms with Crippen molar-refractivity contribution >= 4 is 35.3 Å². The Hall–Kier alpha value is -2.02. The lowest BCUT2D eigenvalue weighted by Crippen LogP contribution is -2.25. The first kappa shape index (κ1) is 20.7. The number of hydrogen-bond acceptors (Lipinski definition) is 3. The van der Waals surface area contributed by atoms with Crippen molar-refractivity contribution in [1.29, 1.82) is 0 Å². The van der Waals surface area contributed by atoms with E-state index in [0.717, 1.165) is 34.2 Å². The molecule has 0 spiro atoms. The number of amides is 1. The molecule has 1 aliphatic heterocycles. The van der Waals surface area contributed by atoms with Gasteiger partial charge in [0, 0.05) is 0 Å². The van der Waals surface area contributed by atoms with E-state index in [-0.39, 0.29) is 4.75 Å². The minimum absolute atomic E-state index is 0.323. The molecule has 3 rings (SSSR count). The molecule has 148 valence electrons. The number of halogens is 1. The van der Waals surface area contributed by atoms with Gasteiger partial charge < -0.3 is 9.66 Å². The van der Waals surface area contributed by atoms with Gasteiger partial charge in [0.25, 0.3) is 0 Å². The molecule has 2 aromatic carbocycles. The summed E-state index contributed by atoms with van der Waals surface area (Å²) in [6.07, 6.45) is 1.34. The number of carboxylic acid groups (broad SMARTS) is 1. The largest absolute Gasteiger partial charge is 0.591 e. The van der Waals surface area contributed by atoms with Gasteiger partial charge in [0.1, 0.15) is 21.6 Å². The van der Waals surface area contributed by atoms with E-state index in [1.807, 2.05) is 63.2 Å². The quantitative estimate of drug-likeness (QED) is 0.332. The molecule has 1 unspecified atom stereocenters. The van der Waals surface area contributed by atoms with Gasteiger partial charge in [-0.2, -0.15) is 0 Å². The van der Waals surface area contributed by atoms with Crippen LogP contribution >= 0.6 is 11.6 Å². The molecule has 0 aliphatic carbocycles. The van der Waals surface area contributed by atoms with Gasteiger partial charge in [0.15, 0.2) is 0 Å². The Morgan fingerprint density at radius 2 is 1.93 bits per heavy atom. The van der Waals surface area contributed by atoms with E-state index in [2.05, 4.69) is 4.40 Å². The minimum Gasteiger partial charge on any atom is -0.591 e. The third-order valence-electron chi connectivity index (χ3n) is 4.54. The normalized spacial score (nSPS) is 17.8. The van der Waals surface area contributed by atoms with Crippen molar-refractivity contribution in [3.05, 3.63) is 70.3 Å². The van der Waals surface area contributed by atoms with E-state index in [1.54, 1.807) is 6.21 Å². The van der Waals surface area contributed by atoms with E-state index >= 15 is 0 Å². The zero-order valence-electron chi connectivity index (χ0n) is 16.1. The zero-order valence-corrected chi connectivity index (χ0v) is 17.6. The van der Waals surface area contributed by atoms with E-state index < -0.39 is 23.0 Å². The van der Waals surface area contributed by atoms with Crippen LogP contribution in [0.1, 0.15) is 54.1 Å². The van der Waals surface area contributed by atoms with Gasteiger partial charge in [-0.1, -0.05) is 58.5 Å². The smallest absolute Gasteiger partial charge is 0.409 e. The summed E-state index contributed by atoms with van der Waals surface area (Å²) in [4.78, 5) is 12.5. The topological polar surface area (TPSA) is 76.0 Å². The maximum Gasteiger partial charge on any atom is 0.409 e. The molecule has 1 amide bonds. The van der Waals surface area contributed by atoms with Gasteiger partial charge >= 0.3 is 6.09 Å². The zero-order chi connectivity index (χ0) is 20.5. The fourth-order valence-electron chi connectivity index (χ4n) is 2.94. The molecule has 5 nitrogen and oxygen atoms in total. The lowest BCUT2D eigenvalue weighted by atomic mass is 10.00. The molecule has 0 saturated heterocycles. The van der Waals surface area contributed by atoms with E-state index in [9.17, 15) is 14.5 Å². The second-order valence-electron chi connectivity index (χ2n) is 7.79. The van der Waals surface area contributed by atoms with E-state index in [0.29, 0.717) is 6.54 Å².